The van der Waals surface area contributed by atoms with E-state index in [1.807, 2.05) is 109 Å². The predicted molar refractivity (Wildman–Crippen MR) is 217 cm³/mol. The number of azide groups is 1. The van der Waals surface area contributed by atoms with Crippen molar-refractivity contribution >= 4 is 18.3 Å². The highest BCUT2D eigenvalue weighted by molar-refractivity contribution is 5.71. The lowest BCUT2D eigenvalue weighted by molar-refractivity contribution is -0.283. The van der Waals surface area contributed by atoms with Crippen molar-refractivity contribution in [3.8, 4) is 0 Å². The third-order valence-electron chi connectivity index (χ3n) is 10.7. The van der Waals surface area contributed by atoms with Gasteiger partial charge in [-0.15, -0.1) is 0 Å². The van der Waals surface area contributed by atoms with Gasteiger partial charge in [-0.1, -0.05) is 126 Å². The van der Waals surface area contributed by atoms with E-state index in [1.165, 1.54) is 4.90 Å². The van der Waals surface area contributed by atoms with E-state index < -0.39 is 79.3 Å². The molecule has 2 heterocycles. The Balaban J connectivity index is 1.15. The van der Waals surface area contributed by atoms with E-state index in [1.54, 1.807) is 19.2 Å². The molecule has 3 amide bonds. The number of benzene rings is 4. The number of hydrogen-bond donors (Lipinski definition) is 3. The molecule has 61 heavy (non-hydrogen) atoms. The number of nitrogens with one attached hydrogen (secondary N) is 2. The topological polar surface area (TPSA) is 212 Å². The van der Waals surface area contributed by atoms with Crippen LogP contribution in [0.25, 0.3) is 10.4 Å². The quantitative estimate of drug-likeness (QED) is 0.0535. The minimum Gasteiger partial charge on any atom is -0.445 e. The molecule has 0 bridgehead atoms. The van der Waals surface area contributed by atoms with Gasteiger partial charge in [0.1, 0.15) is 43.7 Å². The number of aliphatic hydroxyl groups is 1. The van der Waals surface area contributed by atoms with Gasteiger partial charge in [-0.2, -0.15) is 0 Å². The minimum absolute atomic E-state index is 0.0360. The van der Waals surface area contributed by atoms with Gasteiger partial charge in [0.05, 0.1) is 37.9 Å². The number of ether oxygens (including phenoxy) is 7. The van der Waals surface area contributed by atoms with Crippen LogP contribution in [0.3, 0.4) is 0 Å². The maximum Gasteiger partial charge on any atom is 0.409 e. The van der Waals surface area contributed by atoms with E-state index in [4.69, 9.17) is 33.2 Å². The van der Waals surface area contributed by atoms with Crippen LogP contribution in [0.5, 0.6) is 0 Å². The van der Waals surface area contributed by atoms with Gasteiger partial charge in [0.25, 0.3) is 0 Å². The van der Waals surface area contributed by atoms with E-state index in [2.05, 4.69) is 20.7 Å². The molecule has 3 aliphatic rings. The molecule has 3 N–H and O–H groups in total. The third-order valence-corrected chi connectivity index (χ3v) is 10.7. The average Bonchev–Trinajstić information content (AvgIpc) is 3.69. The first-order valence-corrected chi connectivity index (χ1v) is 20.0. The van der Waals surface area contributed by atoms with Crippen LogP contribution in [-0.4, -0.2) is 103 Å². The summed E-state index contributed by atoms with van der Waals surface area (Å²) in [6.45, 7) is 0.188. The van der Waals surface area contributed by atoms with Crippen LogP contribution in [0.4, 0.5) is 14.4 Å². The van der Waals surface area contributed by atoms with Gasteiger partial charge in [0, 0.05) is 12.0 Å². The Kier molecular flexibility index (Phi) is 14.7. The van der Waals surface area contributed by atoms with Crippen LogP contribution in [0.1, 0.15) is 28.7 Å². The molecule has 1 unspecified atom stereocenters. The molecule has 7 rings (SSSR count). The maximum atomic E-state index is 13.6. The molecule has 0 radical (unpaired) electrons. The van der Waals surface area contributed by atoms with Crippen LogP contribution >= 0.6 is 0 Å². The number of fused-ring (bicyclic) bond motifs is 1. The zero-order chi connectivity index (χ0) is 42.6. The first-order chi connectivity index (χ1) is 29.7. The summed E-state index contributed by atoms with van der Waals surface area (Å²) in [5, 5.41) is 21.5. The van der Waals surface area contributed by atoms with E-state index >= 15 is 0 Å². The van der Waals surface area contributed by atoms with Gasteiger partial charge in [0.2, 0.25) is 0 Å². The Hall–Kier alpha value is -6.20. The Morgan fingerprint density at radius 1 is 0.820 bits per heavy atom. The summed E-state index contributed by atoms with van der Waals surface area (Å²) in [5.41, 5.74) is 13.0. The number of alkyl carbamates (subject to hydrolysis) is 2. The summed E-state index contributed by atoms with van der Waals surface area (Å²) >= 11 is 0. The highest BCUT2D eigenvalue weighted by atomic mass is 16.7. The highest BCUT2D eigenvalue weighted by Crippen LogP contribution is 2.36. The fraction of sp³-hybridized carbons (Fsp3) is 0.386. The lowest BCUT2D eigenvalue weighted by Crippen LogP contribution is -2.71. The second-order valence-corrected chi connectivity index (χ2v) is 14.9. The number of rotatable bonds is 16. The monoisotopic (exact) mass is 836 g/mol. The zero-order valence-corrected chi connectivity index (χ0v) is 33.4. The molecular formula is C44H48N6O11. The largest absolute Gasteiger partial charge is 0.445 e. The van der Waals surface area contributed by atoms with E-state index in [0.29, 0.717) is 0 Å². The van der Waals surface area contributed by atoms with Crippen LogP contribution in [0, 0.1) is 0 Å². The first-order valence-electron chi connectivity index (χ1n) is 20.0. The number of hydrogen-bond acceptors (Lipinski definition) is 12. The molecule has 1 saturated carbocycles. The van der Waals surface area contributed by atoms with Crippen molar-refractivity contribution in [3.63, 3.8) is 0 Å². The second-order valence-electron chi connectivity index (χ2n) is 14.9. The standard InChI is InChI=1S/C44H48N6O11/c1-50(44(54)58-27-31-20-12-5-13-21-31)23-34-33(55-24-28-14-6-2-7-15-28)22-32(48-49-45)41(59-34)60-39-35(46-42(52)57-26-30-18-10-4-11-19-30)38(56-25-29-16-8-3-9-17-29)36-40(37(39)51)61-43(53)47-36/h2-21,32-41,51H,22-27H2,1H3,(H,46,52)(H,47,53)/t32-,33+,34-,35+,36-,37+,38+,39-,40+,41?/m1/s1. The van der Waals surface area contributed by atoms with Crippen molar-refractivity contribution in [3.05, 3.63) is 154 Å². The molecule has 10 atom stereocenters. The minimum atomic E-state index is -1.56. The van der Waals surface area contributed by atoms with Crippen molar-refractivity contribution in [2.24, 2.45) is 5.11 Å². The fourth-order valence-electron chi connectivity index (χ4n) is 7.60. The highest BCUT2D eigenvalue weighted by Gasteiger charge is 2.58. The number of aliphatic hydroxyl groups excluding tert-OH is 1. The summed E-state index contributed by atoms with van der Waals surface area (Å²) in [6.07, 6.45) is -10.3. The third kappa shape index (κ3) is 11.3. The molecule has 3 fully saturated rings. The van der Waals surface area contributed by atoms with Gasteiger partial charge in [0.15, 0.2) is 12.4 Å². The smallest absolute Gasteiger partial charge is 0.409 e. The Morgan fingerprint density at radius 2 is 1.36 bits per heavy atom. The summed E-state index contributed by atoms with van der Waals surface area (Å²) in [4.78, 5) is 44.0. The van der Waals surface area contributed by atoms with Crippen LogP contribution in [0.2, 0.25) is 0 Å². The Morgan fingerprint density at radius 3 is 1.93 bits per heavy atom. The lowest BCUT2D eigenvalue weighted by atomic mass is 9.81. The molecule has 4 aromatic rings. The van der Waals surface area contributed by atoms with Gasteiger partial charge >= 0.3 is 18.3 Å². The molecular weight excluding hydrogens is 789 g/mol. The molecule has 0 aromatic heterocycles. The van der Waals surface area contributed by atoms with Gasteiger partial charge in [-0.05, 0) is 34.2 Å². The van der Waals surface area contributed by atoms with Crippen LogP contribution in [-0.2, 0) is 59.6 Å². The SMILES string of the molecule is CN(C[C@H]1OC(O[C@H]2[C@H](O)[C@H]3OC(=O)N[C@@H]3[C@@H](OCc3ccccc3)[C@@H]2NC(=O)OCc2ccccc2)[C@H](N=[N+]=[N-])C[C@@H]1OCc1ccccc1)C(=O)OCc1ccccc1. The van der Waals surface area contributed by atoms with E-state index in [-0.39, 0.29) is 39.4 Å². The van der Waals surface area contributed by atoms with Gasteiger partial charge in [-0.25, -0.2) is 14.4 Å². The Labute approximate surface area is 352 Å². The zero-order valence-electron chi connectivity index (χ0n) is 33.4. The average molecular weight is 837 g/mol. The van der Waals surface area contributed by atoms with E-state index in [9.17, 15) is 25.0 Å². The molecule has 320 valence electrons. The normalized spacial score (nSPS) is 26.7. The lowest BCUT2D eigenvalue weighted by Gasteiger charge is -2.48. The number of nitrogens with zero attached hydrogens (tertiary/aromatic N) is 4. The van der Waals surface area contributed by atoms with Crippen LogP contribution < -0.4 is 10.6 Å². The fourth-order valence-corrected chi connectivity index (χ4v) is 7.60. The van der Waals surface area contributed by atoms with Crippen molar-refractivity contribution in [1.82, 2.24) is 15.5 Å². The molecule has 0 spiro atoms. The molecule has 17 nitrogen and oxygen atoms in total. The van der Waals surface area contributed by atoms with Crippen molar-refractivity contribution in [1.29, 1.82) is 0 Å². The van der Waals surface area contributed by atoms with Gasteiger partial charge in [-0.3, -0.25) is 0 Å². The summed E-state index contributed by atoms with van der Waals surface area (Å²) in [7, 11) is 1.56. The summed E-state index contributed by atoms with van der Waals surface area (Å²) in [5.74, 6) is 0. The Bertz CT molecular complexity index is 2080. The predicted octanol–water partition coefficient (Wildman–Crippen LogP) is 5.75. The maximum absolute atomic E-state index is 13.6. The molecule has 4 aromatic carbocycles. The van der Waals surface area contributed by atoms with Crippen LogP contribution in [0.15, 0.2) is 126 Å². The number of amides is 3. The molecule has 2 saturated heterocycles. The van der Waals surface area contributed by atoms with Gasteiger partial charge < -0.3 is 53.8 Å². The number of likely N-dealkylation sites (N-methyl/N-ethyl adjacent to an activating group) is 1. The summed E-state index contributed by atoms with van der Waals surface area (Å²) in [6, 6.07) is 33.9. The number of carbonyl (C=O) groups excluding carboxylic acids is 3. The van der Waals surface area contributed by atoms with Crippen molar-refractivity contribution < 1.29 is 52.6 Å². The molecule has 1 aliphatic carbocycles. The number of carbonyl (C=O) groups is 3. The molecule has 17 heteroatoms. The first kappa shape index (κ1) is 42.9. The molecule has 2 aliphatic heterocycles. The second kappa shape index (κ2) is 20.9. The van der Waals surface area contributed by atoms with Crippen molar-refractivity contribution in [2.45, 2.75) is 93.9 Å². The van der Waals surface area contributed by atoms with E-state index in [0.717, 1.165) is 22.3 Å². The summed E-state index contributed by atoms with van der Waals surface area (Å²) < 4.78 is 42.7. The van der Waals surface area contributed by atoms with Crippen molar-refractivity contribution in [2.75, 3.05) is 13.6 Å².